The normalized spacial score (nSPS) is 31.8. The van der Waals surface area contributed by atoms with Crippen LogP contribution in [0.3, 0.4) is 0 Å². The molecule has 3 saturated carbocycles. The maximum absolute atomic E-state index is 15.0. The van der Waals surface area contributed by atoms with E-state index in [1.165, 1.54) is 38.5 Å². The van der Waals surface area contributed by atoms with E-state index in [2.05, 4.69) is 13.8 Å². The van der Waals surface area contributed by atoms with E-state index in [0.29, 0.717) is 12.3 Å². The molecule has 0 unspecified atom stereocenters. The highest BCUT2D eigenvalue weighted by atomic mass is 19.3. The Morgan fingerprint density at radius 2 is 1.25 bits per heavy atom. The molecule has 0 heterocycles. The van der Waals surface area contributed by atoms with E-state index in [1.54, 1.807) is 0 Å². The van der Waals surface area contributed by atoms with Gasteiger partial charge in [0.05, 0.1) is 6.42 Å². The van der Waals surface area contributed by atoms with Gasteiger partial charge in [0, 0.05) is 17.7 Å². The Bertz CT molecular complexity index is 793. The summed E-state index contributed by atoms with van der Waals surface area (Å²) in [5.74, 6) is 1.17. The molecule has 0 spiro atoms. The van der Waals surface area contributed by atoms with Gasteiger partial charge in [0.1, 0.15) is 17.4 Å². The number of ether oxygens (including phenoxy) is 1. The number of rotatable bonds is 9. The van der Waals surface area contributed by atoms with E-state index in [4.69, 9.17) is 4.74 Å². The standard InChI is InChI=1S/C31H46F4O/c1-3-4-22-7-9-23(10-8-22)17-18-31(34,35)36-27-19-28(32)30(29(33)20-27)26-15-13-25(14-16-26)24-11-5-21(2)6-12-24/h19-26H,3-18H2,1-2H3. The van der Waals surface area contributed by atoms with Crippen LogP contribution in [0.4, 0.5) is 17.6 Å². The molecule has 3 aliphatic carbocycles. The number of hydrogen-bond donors (Lipinski definition) is 0. The first-order valence-corrected chi connectivity index (χ1v) is 14.8. The van der Waals surface area contributed by atoms with E-state index >= 15 is 0 Å². The Morgan fingerprint density at radius 3 is 1.78 bits per heavy atom. The molecule has 1 aromatic rings. The lowest BCUT2D eigenvalue weighted by Crippen LogP contribution is -2.27. The zero-order valence-electron chi connectivity index (χ0n) is 22.4. The predicted molar refractivity (Wildman–Crippen MR) is 137 cm³/mol. The van der Waals surface area contributed by atoms with Crippen LogP contribution in [0.5, 0.6) is 5.75 Å². The Kier molecular flexibility index (Phi) is 9.66. The second kappa shape index (κ2) is 12.5. The van der Waals surface area contributed by atoms with Crippen molar-refractivity contribution in [3.63, 3.8) is 0 Å². The fourth-order valence-electron chi connectivity index (χ4n) is 7.46. The molecular formula is C31H46F4O. The highest BCUT2D eigenvalue weighted by molar-refractivity contribution is 5.33. The maximum Gasteiger partial charge on any atom is 0.397 e. The fraction of sp³-hybridized carbons (Fsp3) is 0.806. The molecule has 0 amide bonds. The van der Waals surface area contributed by atoms with Crippen LogP contribution in [-0.4, -0.2) is 6.11 Å². The topological polar surface area (TPSA) is 9.23 Å². The zero-order valence-corrected chi connectivity index (χ0v) is 22.4. The second-order valence-corrected chi connectivity index (χ2v) is 12.4. The van der Waals surface area contributed by atoms with Gasteiger partial charge < -0.3 is 4.74 Å². The van der Waals surface area contributed by atoms with Gasteiger partial charge in [0.15, 0.2) is 0 Å². The molecule has 4 rings (SSSR count). The van der Waals surface area contributed by atoms with Crippen molar-refractivity contribution < 1.29 is 22.3 Å². The predicted octanol–water partition coefficient (Wildman–Crippen LogP) is 10.4. The van der Waals surface area contributed by atoms with Gasteiger partial charge in [-0.25, -0.2) is 8.78 Å². The molecule has 0 saturated heterocycles. The Hall–Kier alpha value is -1.26. The average Bonchev–Trinajstić information content (AvgIpc) is 2.84. The van der Waals surface area contributed by atoms with Crippen molar-refractivity contribution in [1.29, 1.82) is 0 Å². The molecule has 0 N–H and O–H groups in total. The molecule has 0 radical (unpaired) electrons. The van der Waals surface area contributed by atoms with Crippen molar-refractivity contribution in [3.05, 3.63) is 29.3 Å². The number of halogens is 4. The highest BCUT2D eigenvalue weighted by Crippen LogP contribution is 2.45. The molecule has 3 aliphatic rings. The summed E-state index contributed by atoms with van der Waals surface area (Å²) in [4.78, 5) is 0. The van der Waals surface area contributed by atoms with Crippen molar-refractivity contribution >= 4 is 0 Å². The fourth-order valence-corrected chi connectivity index (χ4v) is 7.46. The monoisotopic (exact) mass is 510 g/mol. The number of alkyl halides is 2. The summed E-state index contributed by atoms with van der Waals surface area (Å²) >= 11 is 0. The van der Waals surface area contributed by atoms with Crippen LogP contribution in [0, 0.1) is 41.2 Å². The van der Waals surface area contributed by atoms with Crippen LogP contribution in [0.1, 0.15) is 128 Å². The minimum absolute atomic E-state index is 0.0604. The summed E-state index contributed by atoms with van der Waals surface area (Å²) in [5, 5.41) is 0. The zero-order chi connectivity index (χ0) is 25.7. The number of hydrogen-bond acceptors (Lipinski definition) is 1. The molecule has 0 aromatic heterocycles. The summed E-state index contributed by atoms with van der Waals surface area (Å²) in [5.41, 5.74) is 0.0604. The maximum atomic E-state index is 15.0. The third-order valence-electron chi connectivity index (χ3n) is 9.73. The Labute approximate surface area is 215 Å². The van der Waals surface area contributed by atoms with Crippen molar-refractivity contribution in [3.8, 4) is 5.75 Å². The van der Waals surface area contributed by atoms with Crippen LogP contribution < -0.4 is 4.74 Å². The largest absolute Gasteiger partial charge is 0.432 e. The van der Waals surface area contributed by atoms with E-state index < -0.39 is 29.9 Å². The summed E-state index contributed by atoms with van der Waals surface area (Å²) in [6.07, 6.45) is 11.8. The van der Waals surface area contributed by atoms with Crippen molar-refractivity contribution in [2.45, 2.75) is 129 Å². The van der Waals surface area contributed by atoms with Crippen LogP contribution in [0.2, 0.25) is 0 Å². The van der Waals surface area contributed by atoms with Crippen molar-refractivity contribution in [2.75, 3.05) is 0 Å². The van der Waals surface area contributed by atoms with Gasteiger partial charge in [-0.2, -0.15) is 8.78 Å². The lowest BCUT2D eigenvalue weighted by molar-refractivity contribution is -0.183. The third kappa shape index (κ3) is 7.40. The SMILES string of the molecule is CCCC1CCC(CCC(F)(F)Oc2cc(F)c(C3CCC(C4CCC(C)CC4)CC3)c(F)c2)CC1. The highest BCUT2D eigenvalue weighted by Gasteiger charge is 2.35. The molecule has 1 aromatic carbocycles. The molecular weight excluding hydrogens is 464 g/mol. The second-order valence-electron chi connectivity index (χ2n) is 12.4. The molecule has 0 atom stereocenters. The van der Waals surface area contributed by atoms with E-state index in [9.17, 15) is 17.6 Å². The van der Waals surface area contributed by atoms with E-state index in [-0.39, 0.29) is 17.4 Å². The van der Waals surface area contributed by atoms with Crippen molar-refractivity contribution in [1.82, 2.24) is 0 Å². The van der Waals surface area contributed by atoms with Gasteiger partial charge in [0.2, 0.25) is 0 Å². The molecule has 0 aliphatic heterocycles. The van der Waals surface area contributed by atoms with Crippen LogP contribution >= 0.6 is 0 Å². The van der Waals surface area contributed by atoms with Gasteiger partial charge in [-0.15, -0.1) is 0 Å². The Balaban J connectivity index is 1.28. The summed E-state index contributed by atoms with van der Waals surface area (Å²) in [7, 11) is 0. The van der Waals surface area contributed by atoms with Crippen LogP contribution in [0.15, 0.2) is 12.1 Å². The first-order chi connectivity index (χ1) is 17.2. The molecule has 3 fully saturated rings. The lowest BCUT2D eigenvalue weighted by atomic mass is 9.68. The smallest absolute Gasteiger partial charge is 0.397 e. The van der Waals surface area contributed by atoms with Gasteiger partial charge in [0.25, 0.3) is 0 Å². The Morgan fingerprint density at radius 1 is 0.750 bits per heavy atom. The number of benzene rings is 1. The van der Waals surface area contributed by atoms with Crippen LogP contribution in [0.25, 0.3) is 0 Å². The first-order valence-electron chi connectivity index (χ1n) is 14.8. The molecule has 0 bridgehead atoms. The third-order valence-corrected chi connectivity index (χ3v) is 9.73. The summed E-state index contributed by atoms with van der Waals surface area (Å²) < 4.78 is 63.9. The molecule has 204 valence electrons. The van der Waals surface area contributed by atoms with E-state index in [0.717, 1.165) is 81.3 Å². The quantitative estimate of drug-likeness (QED) is 0.300. The summed E-state index contributed by atoms with van der Waals surface area (Å²) in [6.45, 7) is 4.51. The summed E-state index contributed by atoms with van der Waals surface area (Å²) in [6, 6.07) is 1.94. The van der Waals surface area contributed by atoms with Crippen molar-refractivity contribution in [2.24, 2.45) is 29.6 Å². The molecule has 36 heavy (non-hydrogen) atoms. The molecule has 1 nitrogen and oxygen atoms in total. The van der Waals surface area contributed by atoms with Crippen LogP contribution in [-0.2, 0) is 0 Å². The van der Waals surface area contributed by atoms with Gasteiger partial charge >= 0.3 is 6.11 Å². The average molecular weight is 511 g/mol. The van der Waals surface area contributed by atoms with E-state index in [1.807, 2.05) is 0 Å². The lowest BCUT2D eigenvalue weighted by Gasteiger charge is -2.37. The molecule has 5 heteroatoms. The first kappa shape index (κ1) is 27.8. The minimum Gasteiger partial charge on any atom is -0.432 e. The van der Waals surface area contributed by atoms with Gasteiger partial charge in [-0.1, -0.05) is 65.2 Å². The van der Waals surface area contributed by atoms with Gasteiger partial charge in [-0.05, 0) is 80.5 Å². The minimum atomic E-state index is -3.42. The van der Waals surface area contributed by atoms with Gasteiger partial charge in [-0.3, -0.25) is 0 Å².